The van der Waals surface area contributed by atoms with Crippen LogP contribution in [0.4, 0.5) is 0 Å². The highest BCUT2D eigenvalue weighted by molar-refractivity contribution is 7.99. The SMILES string of the molecule is CCCn1c(SCCCNC(C)(C)C)n[nH]c1=O. The van der Waals surface area contributed by atoms with E-state index in [2.05, 4.69) is 43.2 Å². The first-order valence-corrected chi connectivity index (χ1v) is 7.45. The summed E-state index contributed by atoms with van der Waals surface area (Å²) < 4.78 is 1.71. The van der Waals surface area contributed by atoms with Crippen LogP contribution in [0.15, 0.2) is 9.95 Å². The van der Waals surface area contributed by atoms with E-state index in [-0.39, 0.29) is 11.2 Å². The lowest BCUT2D eigenvalue weighted by Gasteiger charge is -2.20. The first kappa shape index (κ1) is 15.3. The zero-order valence-electron chi connectivity index (χ0n) is 11.7. The predicted octanol–water partition coefficient (Wildman–Crippen LogP) is 1.85. The number of nitrogens with one attached hydrogen (secondary N) is 2. The molecule has 18 heavy (non-hydrogen) atoms. The molecule has 0 amide bonds. The Kier molecular flexibility index (Phi) is 5.95. The maximum atomic E-state index is 11.5. The molecule has 104 valence electrons. The second kappa shape index (κ2) is 6.99. The molecule has 0 bridgehead atoms. The molecule has 0 saturated heterocycles. The maximum Gasteiger partial charge on any atom is 0.343 e. The Morgan fingerprint density at radius 1 is 1.44 bits per heavy atom. The van der Waals surface area contributed by atoms with E-state index in [1.54, 1.807) is 16.3 Å². The third-order valence-corrected chi connectivity index (χ3v) is 3.44. The smallest absolute Gasteiger partial charge is 0.312 e. The van der Waals surface area contributed by atoms with E-state index in [1.807, 2.05) is 0 Å². The van der Waals surface area contributed by atoms with E-state index in [0.29, 0.717) is 0 Å². The highest BCUT2D eigenvalue weighted by Gasteiger charge is 2.09. The molecule has 5 nitrogen and oxygen atoms in total. The van der Waals surface area contributed by atoms with Crippen molar-refractivity contribution in [2.24, 2.45) is 0 Å². The van der Waals surface area contributed by atoms with E-state index in [1.165, 1.54) is 0 Å². The normalized spacial score (nSPS) is 12.0. The second-order valence-corrected chi connectivity index (χ2v) is 6.40. The lowest BCUT2D eigenvalue weighted by atomic mass is 10.1. The highest BCUT2D eigenvalue weighted by Crippen LogP contribution is 2.14. The van der Waals surface area contributed by atoms with Crippen molar-refractivity contribution >= 4 is 11.8 Å². The van der Waals surface area contributed by atoms with Gasteiger partial charge in [0.2, 0.25) is 0 Å². The van der Waals surface area contributed by atoms with Gasteiger partial charge in [-0.3, -0.25) is 4.57 Å². The molecule has 0 aromatic carbocycles. The summed E-state index contributed by atoms with van der Waals surface area (Å²) in [6, 6.07) is 0. The number of rotatable bonds is 7. The number of aromatic nitrogens is 3. The Morgan fingerprint density at radius 2 is 2.17 bits per heavy atom. The van der Waals surface area contributed by atoms with Crippen LogP contribution in [0.25, 0.3) is 0 Å². The van der Waals surface area contributed by atoms with Crippen LogP contribution < -0.4 is 11.0 Å². The summed E-state index contributed by atoms with van der Waals surface area (Å²) in [7, 11) is 0. The average molecular weight is 272 g/mol. The minimum atomic E-state index is -0.104. The van der Waals surface area contributed by atoms with Crippen molar-refractivity contribution < 1.29 is 0 Å². The predicted molar refractivity (Wildman–Crippen MR) is 76.2 cm³/mol. The zero-order valence-corrected chi connectivity index (χ0v) is 12.6. The van der Waals surface area contributed by atoms with Crippen LogP contribution in [0.2, 0.25) is 0 Å². The molecule has 0 aliphatic heterocycles. The lowest BCUT2D eigenvalue weighted by Crippen LogP contribution is -2.36. The van der Waals surface area contributed by atoms with Gasteiger partial charge >= 0.3 is 5.69 Å². The Bertz CT molecular complexity index is 405. The summed E-state index contributed by atoms with van der Waals surface area (Å²) in [5.41, 5.74) is 0.0635. The summed E-state index contributed by atoms with van der Waals surface area (Å²) >= 11 is 1.64. The quantitative estimate of drug-likeness (QED) is 0.587. The van der Waals surface area contributed by atoms with Gasteiger partial charge in [0, 0.05) is 17.8 Å². The van der Waals surface area contributed by atoms with Crippen molar-refractivity contribution in [2.75, 3.05) is 12.3 Å². The monoisotopic (exact) mass is 272 g/mol. The van der Waals surface area contributed by atoms with E-state index >= 15 is 0 Å². The third-order valence-electron chi connectivity index (χ3n) is 2.38. The molecule has 1 heterocycles. The molecule has 1 rings (SSSR count). The summed E-state index contributed by atoms with van der Waals surface area (Å²) in [4.78, 5) is 11.5. The molecule has 0 fully saturated rings. The summed E-state index contributed by atoms with van der Waals surface area (Å²) in [5, 5.41) is 10.8. The largest absolute Gasteiger partial charge is 0.343 e. The molecular weight excluding hydrogens is 248 g/mol. The number of hydrogen-bond acceptors (Lipinski definition) is 4. The molecule has 0 aliphatic carbocycles. The highest BCUT2D eigenvalue weighted by atomic mass is 32.2. The first-order chi connectivity index (χ1) is 8.44. The van der Waals surface area contributed by atoms with Crippen LogP contribution in [0.3, 0.4) is 0 Å². The topological polar surface area (TPSA) is 62.7 Å². The van der Waals surface area contributed by atoms with Crippen molar-refractivity contribution in [3.63, 3.8) is 0 Å². The molecule has 1 aromatic rings. The Hall–Kier alpha value is -0.750. The van der Waals surface area contributed by atoms with Gasteiger partial charge < -0.3 is 5.32 Å². The fourth-order valence-corrected chi connectivity index (χ4v) is 2.44. The van der Waals surface area contributed by atoms with Crippen LogP contribution >= 0.6 is 11.8 Å². The number of aromatic amines is 1. The number of hydrogen-bond donors (Lipinski definition) is 2. The Morgan fingerprint density at radius 3 is 2.78 bits per heavy atom. The fraction of sp³-hybridized carbons (Fsp3) is 0.833. The van der Waals surface area contributed by atoms with Gasteiger partial charge in [0.15, 0.2) is 5.16 Å². The molecule has 0 saturated carbocycles. The molecule has 0 aliphatic rings. The summed E-state index contributed by atoms with van der Waals surface area (Å²) in [6.07, 6.45) is 2.01. The molecule has 0 atom stereocenters. The number of H-pyrrole nitrogens is 1. The second-order valence-electron chi connectivity index (χ2n) is 5.34. The van der Waals surface area contributed by atoms with Crippen LogP contribution in [0.1, 0.15) is 40.5 Å². The van der Waals surface area contributed by atoms with Crippen LogP contribution in [-0.2, 0) is 6.54 Å². The van der Waals surface area contributed by atoms with Crippen LogP contribution in [-0.4, -0.2) is 32.6 Å². The standard InChI is InChI=1S/C12H24N4OS/c1-5-8-16-10(17)14-15-11(16)18-9-6-7-13-12(2,3)4/h13H,5-9H2,1-4H3,(H,14,17). The van der Waals surface area contributed by atoms with E-state index in [4.69, 9.17) is 0 Å². The molecular formula is C12H24N4OS. The fourth-order valence-electron chi connectivity index (χ4n) is 1.53. The minimum Gasteiger partial charge on any atom is -0.312 e. The van der Waals surface area contributed by atoms with Gasteiger partial charge in [-0.2, -0.15) is 0 Å². The van der Waals surface area contributed by atoms with Gasteiger partial charge in [0.1, 0.15) is 0 Å². The minimum absolute atomic E-state index is 0.104. The van der Waals surface area contributed by atoms with Gasteiger partial charge in [-0.05, 0) is 40.2 Å². The first-order valence-electron chi connectivity index (χ1n) is 6.47. The van der Waals surface area contributed by atoms with Crippen molar-refractivity contribution in [3.05, 3.63) is 10.5 Å². The van der Waals surface area contributed by atoms with Crippen molar-refractivity contribution in [2.45, 2.75) is 57.8 Å². The van der Waals surface area contributed by atoms with Gasteiger partial charge in [0.25, 0.3) is 0 Å². The van der Waals surface area contributed by atoms with E-state index in [0.717, 1.165) is 36.8 Å². The molecule has 6 heteroatoms. The van der Waals surface area contributed by atoms with E-state index < -0.39 is 0 Å². The zero-order chi connectivity index (χ0) is 13.6. The molecule has 0 spiro atoms. The molecule has 0 unspecified atom stereocenters. The third kappa shape index (κ3) is 5.27. The van der Waals surface area contributed by atoms with Crippen molar-refractivity contribution in [1.82, 2.24) is 20.1 Å². The van der Waals surface area contributed by atoms with Gasteiger partial charge in [-0.15, -0.1) is 5.10 Å². The van der Waals surface area contributed by atoms with Gasteiger partial charge in [0.05, 0.1) is 0 Å². The average Bonchev–Trinajstić information content (AvgIpc) is 2.60. The van der Waals surface area contributed by atoms with Gasteiger partial charge in [-0.25, -0.2) is 9.89 Å². The van der Waals surface area contributed by atoms with Gasteiger partial charge in [-0.1, -0.05) is 18.7 Å². The van der Waals surface area contributed by atoms with Crippen molar-refractivity contribution in [3.8, 4) is 0 Å². The summed E-state index contributed by atoms with van der Waals surface area (Å²) in [5.74, 6) is 0.969. The number of nitrogens with zero attached hydrogens (tertiary/aromatic N) is 2. The van der Waals surface area contributed by atoms with Crippen LogP contribution in [0.5, 0.6) is 0 Å². The molecule has 2 N–H and O–H groups in total. The maximum absolute atomic E-state index is 11.5. The Labute approximate surface area is 113 Å². The van der Waals surface area contributed by atoms with Crippen molar-refractivity contribution in [1.29, 1.82) is 0 Å². The lowest BCUT2D eigenvalue weighted by molar-refractivity contribution is 0.427. The molecule has 0 radical (unpaired) electrons. The van der Waals surface area contributed by atoms with E-state index in [9.17, 15) is 4.79 Å². The number of thioether (sulfide) groups is 1. The van der Waals surface area contributed by atoms with Crippen LogP contribution in [0, 0.1) is 0 Å². The summed E-state index contributed by atoms with van der Waals surface area (Å²) in [6.45, 7) is 10.3. The Balaban J connectivity index is 2.33. The molecule has 1 aromatic heterocycles.